The summed E-state index contributed by atoms with van der Waals surface area (Å²) in [5, 5.41) is 0. The zero-order valence-corrected chi connectivity index (χ0v) is 32.5. The first kappa shape index (κ1) is 34.1. The second-order valence-electron chi connectivity index (χ2n) is 18.6. The van der Waals surface area contributed by atoms with E-state index in [1.54, 1.807) is 14.2 Å². The molecule has 4 aromatic rings. The van der Waals surface area contributed by atoms with Gasteiger partial charge in [0.15, 0.2) is 0 Å². The molecule has 2 heteroatoms. The summed E-state index contributed by atoms with van der Waals surface area (Å²) >= 11 is 0. The largest absolute Gasteiger partial charge is 0.497 e. The smallest absolute Gasteiger partial charge is 0.118 e. The van der Waals surface area contributed by atoms with E-state index in [1.807, 2.05) is 0 Å². The van der Waals surface area contributed by atoms with Crippen molar-refractivity contribution in [2.24, 2.45) is 5.92 Å². The molecule has 51 heavy (non-hydrogen) atoms. The van der Waals surface area contributed by atoms with E-state index >= 15 is 0 Å². The van der Waals surface area contributed by atoms with Gasteiger partial charge in [-0.05, 0) is 127 Å². The van der Waals surface area contributed by atoms with Crippen LogP contribution in [-0.4, -0.2) is 14.2 Å². The number of allylic oxidation sites excluding steroid dienone is 4. The van der Waals surface area contributed by atoms with E-state index in [0.717, 1.165) is 11.5 Å². The van der Waals surface area contributed by atoms with Crippen molar-refractivity contribution in [3.63, 3.8) is 0 Å². The van der Waals surface area contributed by atoms with Gasteiger partial charge in [0.2, 0.25) is 0 Å². The summed E-state index contributed by atoms with van der Waals surface area (Å²) in [6.45, 7) is 19.7. The van der Waals surface area contributed by atoms with E-state index in [4.69, 9.17) is 9.47 Å². The van der Waals surface area contributed by atoms with Gasteiger partial charge in [-0.3, -0.25) is 0 Å². The summed E-state index contributed by atoms with van der Waals surface area (Å²) in [4.78, 5) is 0. The maximum absolute atomic E-state index is 5.75. The number of ether oxygens (including phenoxy) is 2. The Morgan fingerprint density at radius 1 is 0.490 bits per heavy atom. The van der Waals surface area contributed by atoms with Crippen LogP contribution in [-0.2, 0) is 27.1 Å². The highest BCUT2D eigenvalue weighted by molar-refractivity contribution is 5.84. The Hall–Kier alpha value is -4.04. The zero-order chi connectivity index (χ0) is 36.1. The summed E-state index contributed by atoms with van der Waals surface area (Å²) in [6.07, 6.45) is 14.2. The summed E-state index contributed by atoms with van der Waals surface area (Å²) in [6, 6.07) is 28.6. The molecule has 8 rings (SSSR count). The maximum Gasteiger partial charge on any atom is 0.118 e. The number of benzene rings is 4. The molecule has 0 N–H and O–H groups in total. The van der Waals surface area contributed by atoms with Gasteiger partial charge >= 0.3 is 0 Å². The molecule has 0 heterocycles. The van der Waals surface area contributed by atoms with Crippen molar-refractivity contribution in [3.05, 3.63) is 142 Å². The van der Waals surface area contributed by atoms with Crippen LogP contribution >= 0.6 is 0 Å². The van der Waals surface area contributed by atoms with Crippen LogP contribution in [0, 0.1) is 5.92 Å². The van der Waals surface area contributed by atoms with Crippen LogP contribution in [0.4, 0.5) is 0 Å². The van der Waals surface area contributed by atoms with Gasteiger partial charge in [-0.1, -0.05) is 128 Å². The van der Waals surface area contributed by atoms with Crippen LogP contribution in [0.2, 0.25) is 0 Å². The third-order valence-electron chi connectivity index (χ3n) is 13.8. The van der Waals surface area contributed by atoms with Gasteiger partial charge in [0.25, 0.3) is 0 Å². The normalized spacial score (nSPS) is 20.7. The molecule has 0 fully saturated rings. The van der Waals surface area contributed by atoms with Crippen molar-refractivity contribution in [2.75, 3.05) is 14.2 Å². The minimum Gasteiger partial charge on any atom is -0.497 e. The van der Waals surface area contributed by atoms with Crippen molar-refractivity contribution >= 4 is 0 Å². The Balaban J connectivity index is 1.54. The molecule has 0 bridgehead atoms. The fourth-order valence-corrected chi connectivity index (χ4v) is 10.4. The fourth-order valence-electron chi connectivity index (χ4n) is 10.4. The highest BCUT2D eigenvalue weighted by Crippen LogP contribution is 2.63. The predicted octanol–water partition coefficient (Wildman–Crippen LogP) is 12.2. The van der Waals surface area contributed by atoms with E-state index in [1.165, 1.54) is 81.3 Å². The minimum atomic E-state index is -0.451. The van der Waals surface area contributed by atoms with Gasteiger partial charge in [-0.25, -0.2) is 0 Å². The summed E-state index contributed by atoms with van der Waals surface area (Å²) in [7, 11) is 3.52. The SMILES string of the molecule is COc1ccc(C(c2ccc(OC)cc2)(C2C=CC=C2)C2c3cc4c(cc3-c3cc5c(cc32)C(C)(C)CCC5(C)C)C(C)(C)CCC4(C)C)cc1. The van der Waals surface area contributed by atoms with Crippen LogP contribution in [0.3, 0.4) is 0 Å². The van der Waals surface area contributed by atoms with Gasteiger partial charge in [0.1, 0.15) is 11.5 Å². The maximum atomic E-state index is 5.75. The molecule has 4 aliphatic rings. The Morgan fingerprint density at radius 3 is 1.16 bits per heavy atom. The van der Waals surface area contributed by atoms with E-state index in [-0.39, 0.29) is 33.5 Å². The number of methoxy groups -OCH3 is 2. The van der Waals surface area contributed by atoms with Gasteiger partial charge in [0, 0.05) is 17.3 Å². The van der Waals surface area contributed by atoms with Crippen molar-refractivity contribution in [3.8, 4) is 22.6 Å². The molecule has 2 nitrogen and oxygen atoms in total. The minimum absolute atomic E-state index is 0.0685. The molecule has 0 spiro atoms. The molecule has 0 saturated carbocycles. The molecule has 0 radical (unpaired) electrons. The first-order valence-electron chi connectivity index (χ1n) is 19.2. The number of hydrogen-bond donors (Lipinski definition) is 0. The van der Waals surface area contributed by atoms with E-state index < -0.39 is 5.41 Å². The lowest BCUT2D eigenvalue weighted by Crippen LogP contribution is -2.41. The monoisotopic (exact) mass is 676 g/mol. The van der Waals surface area contributed by atoms with Crippen LogP contribution in [0.5, 0.6) is 11.5 Å². The quantitative estimate of drug-likeness (QED) is 0.202. The van der Waals surface area contributed by atoms with Crippen molar-refractivity contribution in [1.29, 1.82) is 0 Å². The number of fused-ring (bicyclic) bond motifs is 5. The second-order valence-corrected chi connectivity index (χ2v) is 18.6. The molecule has 264 valence electrons. The molecular weight excluding hydrogens is 621 g/mol. The Morgan fingerprint density at radius 2 is 0.824 bits per heavy atom. The third-order valence-corrected chi connectivity index (χ3v) is 13.8. The van der Waals surface area contributed by atoms with Crippen LogP contribution in [0.25, 0.3) is 11.1 Å². The van der Waals surface area contributed by atoms with Crippen LogP contribution < -0.4 is 9.47 Å². The lowest BCUT2D eigenvalue weighted by Gasteiger charge is -2.47. The highest BCUT2D eigenvalue weighted by atomic mass is 16.5. The van der Waals surface area contributed by atoms with E-state index in [2.05, 4.69) is 152 Å². The molecule has 4 aromatic carbocycles. The Kier molecular flexibility index (Phi) is 7.67. The lowest BCUT2D eigenvalue weighted by molar-refractivity contribution is 0.330. The van der Waals surface area contributed by atoms with Gasteiger partial charge in [-0.15, -0.1) is 0 Å². The van der Waals surface area contributed by atoms with Gasteiger partial charge < -0.3 is 9.47 Å². The summed E-state index contributed by atoms with van der Waals surface area (Å²) < 4.78 is 11.5. The summed E-state index contributed by atoms with van der Waals surface area (Å²) in [5.74, 6) is 1.95. The molecule has 0 aliphatic heterocycles. The molecule has 0 saturated heterocycles. The lowest BCUT2D eigenvalue weighted by atomic mass is 9.55. The van der Waals surface area contributed by atoms with Crippen LogP contribution in [0.15, 0.2) is 97.1 Å². The first-order chi connectivity index (χ1) is 24.1. The third kappa shape index (κ3) is 5.02. The van der Waals surface area contributed by atoms with E-state index in [0.29, 0.717) is 0 Å². The first-order valence-corrected chi connectivity index (χ1v) is 19.2. The second kappa shape index (κ2) is 11.5. The Labute approximate surface area is 307 Å². The van der Waals surface area contributed by atoms with Gasteiger partial charge in [-0.2, -0.15) is 0 Å². The molecule has 4 aliphatic carbocycles. The average Bonchev–Trinajstić information content (AvgIpc) is 3.76. The zero-order valence-electron chi connectivity index (χ0n) is 32.5. The van der Waals surface area contributed by atoms with Crippen molar-refractivity contribution in [2.45, 2.75) is 114 Å². The van der Waals surface area contributed by atoms with Gasteiger partial charge in [0.05, 0.1) is 14.2 Å². The Bertz CT molecular complexity index is 1920. The molecular formula is C49H56O2. The number of rotatable bonds is 6. The van der Waals surface area contributed by atoms with E-state index in [9.17, 15) is 0 Å². The standard InChI is InChI=1S/C49H56O2/c1-45(2)23-25-47(5,6)42-29-38-36(27-40(42)45)37-28-41-43(48(7,8)26-24-46(41,3)4)30-39(37)44(38)49(31-13-11-12-14-31,32-15-19-34(50-9)20-16-32)33-17-21-35(51-10)22-18-33/h11-22,27-31,44H,23-26H2,1-10H3. The molecule has 0 aromatic heterocycles. The molecule has 0 amide bonds. The topological polar surface area (TPSA) is 18.5 Å². The predicted molar refractivity (Wildman–Crippen MR) is 213 cm³/mol. The van der Waals surface area contributed by atoms with Crippen LogP contribution in [0.1, 0.15) is 131 Å². The number of hydrogen-bond acceptors (Lipinski definition) is 2. The van der Waals surface area contributed by atoms with Crippen molar-refractivity contribution in [1.82, 2.24) is 0 Å². The fraction of sp³-hybridized carbons (Fsp3) is 0.429. The highest BCUT2D eigenvalue weighted by Gasteiger charge is 2.53. The molecule has 0 unspecified atom stereocenters. The summed E-state index contributed by atoms with van der Waals surface area (Å²) in [5.41, 5.74) is 14.5. The molecule has 0 atom stereocenters. The average molecular weight is 677 g/mol. The van der Waals surface area contributed by atoms with Crippen molar-refractivity contribution < 1.29 is 9.47 Å².